The van der Waals surface area contributed by atoms with Crippen molar-refractivity contribution in [2.24, 2.45) is 0 Å². The van der Waals surface area contributed by atoms with Gasteiger partial charge in [0.15, 0.2) is 0 Å². The third kappa shape index (κ3) is 3.50. The summed E-state index contributed by atoms with van der Waals surface area (Å²) in [7, 11) is 1.65. The smallest absolute Gasteiger partial charge is 0.226 e. The maximum absolute atomic E-state index is 12.8. The van der Waals surface area contributed by atoms with E-state index in [9.17, 15) is 4.79 Å². The summed E-state index contributed by atoms with van der Waals surface area (Å²) in [4.78, 5) is 17.5. The molecule has 1 atom stereocenters. The first-order chi connectivity index (χ1) is 15.6. The number of hydrogen-bond acceptors (Lipinski definition) is 6. The standard InChI is InChI=1S/C24H24N4O3S/c1-4-11-31-19-8-6-5-7-16(19)17-13-21(29)26-23-22(17)14(2)27-28(23)24-25-18-10-9-15(30-3)12-20(18)32-24/h5-10,12,17H,4,11,13H2,1-3H3,(H,26,29). The Bertz CT molecular complexity index is 1310. The minimum atomic E-state index is -0.130. The quantitative estimate of drug-likeness (QED) is 0.446. The number of para-hydroxylation sites is 1. The van der Waals surface area contributed by atoms with Crippen LogP contribution in [0.3, 0.4) is 0 Å². The highest BCUT2D eigenvalue weighted by Gasteiger charge is 2.34. The van der Waals surface area contributed by atoms with Crippen molar-refractivity contribution < 1.29 is 14.3 Å². The molecule has 1 aliphatic heterocycles. The number of aromatic nitrogens is 3. The molecule has 2 aromatic heterocycles. The van der Waals surface area contributed by atoms with E-state index in [1.807, 2.05) is 49.4 Å². The number of anilines is 1. The zero-order valence-corrected chi connectivity index (χ0v) is 19.0. The van der Waals surface area contributed by atoms with Gasteiger partial charge in [-0.3, -0.25) is 4.79 Å². The van der Waals surface area contributed by atoms with Crippen molar-refractivity contribution in [2.75, 3.05) is 19.0 Å². The average molecular weight is 449 g/mol. The van der Waals surface area contributed by atoms with Gasteiger partial charge >= 0.3 is 0 Å². The van der Waals surface area contributed by atoms with Crippen LogP contribution in [0.4, 0.5) is 5.82 Å². The van der Waals surface area contributed by atoms with Crippen molar-refractivity contribution in [3.63, 3.8) is 0 Å². The number of benzene rings is 2. The fourth-order valence-electron chi connectivity index (χ4n) is 4.17. The Morgan fingerprint density at radius 1 is 1.25 bits per heavy atom. The Hall–Kier alpha value is -3.39. The highest BCUT2D eigenvalue weighted by atomic mass is 32.1. The van der Waals surface area contributed by atoms with E-state index in [-0.39, 0.29) is 11.8 Å². The van der Waals surface area contributed by atoms with E-state index in [1.165, 1.54) is 11.3 Å². The normalized spacial score (nSPS) is 15.5. The first-order valence-corrected chi connectivity index (χ1v) is 11.5. The summed E-state index contributed by atoms with van der Waals surface area (Å²) in [6.07, 6.45) is 1.27. The second-order valence-electron chi connectivity index (χ2n) is 7.78. The van der Waals surface area contributed by atoms with Gasteiger partial charge in [0.05, 0.1) is 29.6 Å². The summed E-state index contributed by atoms with van der Waals surface area (Å²) >= 11 is 1.51. The van der Waals surface area contributed by atoms with Crippen LogP contribution in [0.25, 0.3) is 15.3 Å². The number of methoxy groups -OCH3 is 1. The molecule has 1 unspecified atom stereocenters. The molecule has 5 rings (SSSR count). The molecule has 0 fully saturated rings. The molecule has 4 aromatic rings. The van der Waals surface area contributed by atoms with Crippen LogP contribution in [-0.4, -0.2) is 34.4 Å². The van der Waals surface area contributed by atoms with E-state index in [0.717, 1.165) is 45.0 Å². The zero-order chi connectivity index (χ0) is 22.2. The van der Waals surface area contributed by atoms with E-state index in [4.69, 9.17) is 19.6 Å². The molecule has 164 valence electrons. The van der Waals surface area contributed by atoms with Gasteiger partial charge in [-0.15, -0.1) is 0 Å². The van der Waals surface area contributed by atoms with Crippen molar-refractivity contribution in [3.05, 3.63) is 59.3 Å². The largest absolute Gasteiger partial charge is 0.497 e. The Morgan fingerprint density at radius 3 is 2.91 bits per heavy atom. The number of hydrogen-bond donors (Lipinski definition) is 1. The number of nitrogens with one attached hydrogen (secondary N) is 1. The van der Waals surface area contributed by atoms with Gasteiger partial charge in [0.1, 0.15) is 17.3 Å². The summed E-state index contributed by atoms with van der Waals surface area (Å²) < 4.78 is 14.1. The summed E-state index contributed by atoms with van der Waals surface area (Å²) in [6, 6.07) is 13.7. The highest BCUT2D eigenvalue weighted by Crippen LogP contribution is 2.43. The summed E-state index contributed by atoms with van der Waals surface area (Å²) in [5.74, 6) is 2.11. The molecule has 3 heterocycles. The molecular weight excluding hydrogens is 424 g/mol. The monoisotopic (exact) mass is 448 g/mol. The van der Waals surface area contributed by atoms with E-state index in [1.54, 1.807) is 11.8 Å². The lowest BCUT2D eigenvalue weighted by atomic mass is 9.85. The number of nitrogens with zero attached hydrogens (tertiary/aromatic N) is 3. The fourth-order valence-corrected chi connectivity index (χ4v) is 5.13. The SMILES string of the molecule is CCCOc1ccccc1C1CC(=O)Nc2c1c(C)nn2-c1nc2ccc(OC)cc2s1. The van der Waals surface area contributed by atoms with Crippen molar-refractivity contribution >= 4 is 33.3 Å². The summed E-state index contributed by atoms with van der Waals surface area (Å²) in [5, 5.41) is 8.52. The van der Waals surface area contributed by atoms with Crippen LogP contribution in [0.1, 0.15) is 42.5 Å². The van der Waals surface area contributed by atoms with E-state index in [0.29, 0.717) is 24.0 Å². The Morgan fingerprint density at radius 2 is 2.09 bits per heavy atom. The second-order valence-corrected chi connectivity index (χ2v) is 8.79. The molecule has 0 saturated heterocycles. The molecule has 7 nitrogen and oxygen atoms in total. The number of rotatable bonds is 6. The van der Waals surface area contributed by atoms with Crippen molar-refractivity contribution in [1.29, 1.82) is 0 Å². The molecule has 0 saturated carbocycles. The highest BCUT2D eigenvalue weighted by molar-refractivity contribution is 7.20. The number of thiazole rings is 1. The minimum absolute atomic E-state index is 0.0447. The van der Waals surface area contributed by atoms with Gasteiger partial charge < -0.3 is 14.8 Å². The molecular formula is C24H24N4O3S. The van der Waals surface area contributed by atoms with E-state index >= 15 is 0 Å². The lowest BCUT2D eigenvalue weighted by Crippen LogP contribution is -2.25. The van der Waals surface area contributed by atoms with Crippen LogP contribution in [0.5, 0.6) is 11.5 Å². The minimum Gasteiger partial charge on any atom is -0.497 e. The fraction of sp³-hybridized carbons (Fsp3) is 0.292. The molecule has 8 heteroatoms. The molecule has 0 radical (unpaired) electrons. The maximum Gasteiger partial charge on any atom is 0.226 e. The molecule has 0 aliphatic carbocycles. The van der Waals surface area contributed by atoms with Crippen molar-refractivity contribution in [2.45, 2.75) is 32.6 Å². The van der Waals surface area contributed by atoms with Crippen LogP contribution in [0.2, 0.25) is 0 Å². The van der Waals surface area contributed by atoms with Gasteiger partial charge in [-0.2, -0.15) is 9.78 Å². The third-order valence-electron chi connectivity index (χ3n) is 5.62. The Balaban J connectivity index is 1.62. The molecule has 32 heavy (non-hydrogen) atoms. The van der Waals surface area contributed by atoms with Gasteiger partial charge in [0.2, 0.25) is 11.0 Å². The number of amides is 1. The number of ether oxygens (including phenoxy) is 2. The average Bonchev–Trinajstić information content (AvgIpc) is 3.37. The van der Waals surface area contributed by atoms with Gasteiger partial charge in [0, 0.05) is 23.5 Å². The van der Waals surface area contributed by atoms with E-state index < -0.39 is 0 Å². The third-order valence-corrected chi connectivity index (χ3v) is 6.62. The molecule has 1 amide bonds. The summed E-state index contributed by atoms with van der Waals surface area (Å²) in [6.45, 7) is 4.69. The van der Waals surface area contributed by atoms with Crippen LogP contribution in [-0.2, 0) is 4.79 Å². The molecule has 0 bridgehead atoms. The zero-order valence-electron chi connectivity index (χ0n) is 18.2. The summed E-state index contributed by atoms with van der Waals surface area (Å²) in [5.41, 5.74) is 3.75. The van der Waals surface area contributed by atoms with Crippen molar-refractivity contribution in [3.8, 4) is 16.6 Å². The number of fused-ring (bicyclic) bond motifs is 2. The molecule has 1 aliphatic rings. The van der Waals surface area contributed by atoms with Gasteiger partial charge in [-0.1, -0.05) is 36.5 Å². The van der Waals surface area contributed by atoms with Crippen molar-refractivity contribution in [1.82, 2.24) is 14.8 Å². The maximum atomic E-state index is 12.8. The van der Waals surface area contributed by atoms with E-state index in [2.05, 4.69) is 12.2 Å². The topological polar surface area (TPSA) is 78.3 Å². The van der Waals surface area contributed by atoms with Crippen LogP contribution in [0.15, 0.2) is 42.5 Å². The van der Waals surface area contributed by atoms with Crippen LogP contribution in [0, 0.1) is 6.92 Å². The lowest BCUT2D eigenvalue weighted by Gasteiger charge is -2.25. The van der Waals surface area contributed by atoms with Gasteiger partial charge in [-0.05, 0) is 37.6 Å². The molecule has 0 spiro atoms. The Labute approximate surface area is 190 Å². The number of carbonyl (C=O) groups is 1. The molecule has 1 N–H and O–H groups in total. The second kappa shape index (κ2) is 8.27. The Kier molecular flexibility index (Phi) is 5.30. The van der Waals surface area contributed by atoms with Gasteiger partial charge in [0.25, 0.3) is 0 Å². The first kappa shape index (κ1) is 20.5. The van der Waals surface area contributed by atoms with Gasteiger partial charge in [-0.25, -0.2) is 4.98 Å². The number of carbonyl (C=O) groups excluding carboxylic acids is 1. The van der Waals surface area contributed by atoms with Crippen LogP contribution < -0.4 is 14.8 Å². The lowest BCUT2D eigenvalue weighted by molar-refractivity contribution is -0.116. The first-order valence-electron chi connectivity index (χ1n) is 10.6. The predicted molar refractivity (Wildman–Crippen MR) is 125 cm³/mol. The predicted octanol–water partition coefficient (Wildman–Crippen LogP) is 5.06. The molecule has 2 aromatic carbocycles. The number of aryl methyl sites for hydroxylation is 1. The van der Waals surface area contributed by atoms with Crippen LogP contribution >= 0.6 is 11.3 Å².